The first kappa shape index (κ1) is 15.0. The largest absolute Gasteiger partial charge is 0.465 e. The summed E-state index contributed by atoms with van der Waals surface area (Å²) in [4.78, 5) is 14.2. The summed E-state index contributed by atoms with van der Waals surface area (Å²) in [5, 5.41) is 8.52. The van der Waals surface area contributed by atoms with Gasteiger partial charge in [0.05, 0.1) is 12.7 Å². The summed E-state index contributed by atoms with van der Waals surface area (Å²) >= 11 is 0. The van der Waals surface area contributed by atoms with E-state index in [9.17, 15) is 4.79 Å². The fourth-order valence-corrected chi connectivity index (χ4v) is 3.23. The molecule has 0 spiro atoms. The first-order valence-electron chi connectivity index (χ1n) is 7.89. The molecular weight excluding hydrogens is 280 g/mol. The molecule has 0 bridgehead atoms. The minimum absolute atomic E-state index is 0.339. The van der Waals surface area contributed by atoms with Crippen LogP contribution in [-0.2, 0) is 11.2 Å². The lowest BCUT2D eigenvalue weighted by atomic mass is 9.99. The number of hydrogen-bond donors (Lipinski definition) is 0. The van der Waals surface area contributed by atoms with E-state index in [4.69, 9.17) is 4.74 Å². The first-order valence-corrected chi connectivity index (χ1v) is 7.89. The predicted octanol–water partition coefficient (Wildman–Crippen LogP) is 1.93. The Labute approximate surface area is 130 Å². The van der Waals surface area contributed by atoms with Crippen molar-refractivity contribution in [3.8, 4) is 0 Å². The van der Waals surface area contributed by atoms with Crippen molar-refractivity contribution in [1.82, 2.24) is 19.5 Å². The zero-order chi connectivity index (χ0) is 15.5. The average molecular weight is 302 g/mol. The molecule has 0 saturated carbocycles. The number of esters is 1. The molecule has 0 amide bonds. The highest BCUT2D eigenvalue weighted by atomic mass is 16.5. The normalized spacial score (nSPS) is 19.5. The van der Waals surface area contributed by atoms with E-state index in [0.29, 0.717) is 11.6 Å². The highest BCUT2D eigenvalue weighted by Crippen LogP contribution is 2.20. The zero-order valence-corrected chi connectivity index (χ0v) is 13.2. The topological polar surface area (TPSA) is 59.7 Å². The molecule has 1 fully saturated rings. The summed E-state index contributed by atoms with van der Waals surface area (Å²) in [6.07, 6.45) is 6.37. The molecule has 2 aromatic heterocycles. The van der Waals surface area contributed by atoms with Gasteiger partial charge in [-0.15, -0.1) is 10.2 Å². The number of carbonyl (C=O) groups excluding carboxylic acids is 1. The van der Waals surface area contributed by atoms with Crippen molar-refractivity contribution in [2.75, 3.05) is 20.2 Å². The molecule has 1 aliphatic rings. The van der Waals surface area contributed by atoms with Gasteiger partial charge in [0, 0.05) is 18.7 Å². The van der Waals surface area contributed by atoms with E-state index in [1.807, 2.05) is 4.40 Å². The molecule has 0 aromatic carbocycles. The van der Waals surface area contributed by atoms with Crippen LogP contribution in [0.4, 0.5) is 0 Å². The Bertz CT molecular complexity index is 667. The lowest BCUT2D eigenvalue weighted by Gasteiger charge is -2.34. The van der Waals surface area contributed by atoms with Crippen molar-refractivity contribution in [1.29, 1.82) is 0 Å². The third kappa shape index (κ3) is 2.83. The number of pyridine rings is 1. The third-order valence-corrected chi connectivity index (χ3v) is 4.47. The van der Waals surface area contributed by atoms with Crippen LogP contribution in [0.2, 0.25) is 0 Å². The van der Waals surface area contributed by atoms with Gasteiger partial charge >= 0.3 is 5.97 Å². The lowest BCUT2D eigenvalue weighted by molar-refractivity contribution is 0.0600. The number of fused-ring (bicyclic) bond motifs is 1. The number of piperidine rings is 1. The maximum Gasteiger partial charge on any atom is 0.339 e. The maximum absolute atomic E-state index is 11.7. The Kier molecular flexibility index (Phi) is 4.38. The van der Waals surface area contributed by atoms with Crippen LogP contribution in [0, 0.1) is 0 Å². The highest BCUT2D eigenvalue weighted by molar-refractivity contribution is 5.89. The summed E-state index contributed by atoms with van der Waals surface area (Å²) in [5.74, 6) is 0.570. The van der Waals surface area contributed by atoms with Crippen molar-refractivity contribution in [2.24, 2.45) is 0 Å². The van der Waals surface area contributed by atoms with Gasteiger partial charge in [0.1, 0.15) is 5.82 Å². The number of ether oxygens (including phenoxy) is 1. The highest BCUT2D eigenvalue weighted by Gasteiger charge is 2.23. The van der Waals surface area contributed by atoms with Gasteiger partial charge in [-0.05, 0) is 38.1 Å². The molecule has 1 atom stereocenters. The molecule has 2 aromatic rings. The van der Waals surface area contributed by atoms with Gasteiger partial charge < -0.3 is 9.64 Å². The Morgan fingerprint density at radius 2 is 2.23 bits per heavy atom. The van der Waals surface area contributed by atoms with Crippen LogP contribution in [0.15, 0.2) is 18.3 Å². The molecule has 3 rings (SSSR count). The van der Waals surface area contributed by atoms with Gasteiger partial charge in [-0.1, -0.05) is 13.3 Å². The van der Waals surface area contributed by atoms with Crippen molar-refractivity contribution in [2.45, 2.75) is 38.6 Å². The number of methoxy groups -OCH3 is 1. The van der Waals surface area contributed by atoms with Crippen LogP contribution in [0.3, 0.4) is 0 Å². The number of likely N-dealkylation sites (tertiary alicyclic amines) is 1. The third-order valence-electron chi connectivity index (χ3n) is 4.47. The van der Waals surface area contributed by atoms with Gasteiger partial charge in [-0.3, -0.25) is 4.40 Å². The van der Waals surface area contributed by atoms with E-state index >= 15 is 0 Å². The van der Waals surface area contributed by atoms with E-state index in [1.165, 1.54) is 26.4 Å². The second-order valence-electron chi connectivity index (χ2n) is 5.74. The molecule has 1 aliphatic heterocycles. The molecule has 1 saturated heterocycles. The van der Waals surface area contributed by atoms with E-state index < -0.39 is 0 Å². The van der Waals surface area contributed by atoms with Gasteiger partial charge in [0.25, 0.3) is 0 Å². The van der Waals surface area contributed by atoms with E-state index in [2.05, 4.69) is 22.0 Å². The van der Waals surface area contributed by atoms with Crippen LogP contribution < -0.4 is 0 Å². The average Bonchev–Trinajstić information content (AvgIpc) is 2.97. The van der Waals surface area contributed by atoms with Gasteiger partial charge in [0.2, 0.25) is 0 Å². The predicted molar refractivity (Wildman–Crippen MR) is 82.9 cm³/mol. The van der Waals surface area contributed by atoms with E-state index in [0.717, 1.165) is 31.0 Å². The van der Waals surface area contributed by atoms with Crippen LogP contribution in [-0.4, -0.2) is 51.7 Å². The first-order chi connectivity index (χ1) is 10.7. The zero-order valence-electron chi connectivity index (χ0n) is 13.2. The minimum atomic E-state index is -0.339. The van der Waals surface area contributed by atoms with Crippen LogP contribution in [0.1, 0.15) is 42.4 Å². The second-order valence-corrected chi connectivity index (χ2v) is 5.74. The van der Waals surface area contributed by atoms with Crippen LogP contribution in [0.5, 0.6) is 0 Å². The summed E-state index contributed by atoms with van der Waals surface area (Å²) < 4.78 is 6.70. The number of nitrogens with zero attached hydrogens (tertiary/aromatic N) is 4. The number of rotatable bonds is 4. The standard InChI is InChI=1S/C16H22N4O2/c1-3-19-9-5-4-6-13(19)10-15-18-17-14-8-7-12(11-20(14)15)16(21)22-2/h7-8,11,13H,3-6,9-10H2,1-2H3. The van der Waals surface area contributed by atoms with Gasteiger partial charge in [0.15, 0.2) is 5.65 Å². The summed E-state index contributed by atoms with van der Waals surface area (Å²) in [6, 6.07) is 4.03. The summed E-state index contributed by atoms with van der Waals surface area (Å²) in [5.41, 5.74) is 1.29. The van der Waals surface area contributed by atoms with Crippen molar-refractivity contribution >= 4 is 11.6 Å². The van der Waals surface area contributed by atoms with Crippen LogP contribution in [0.25, 0.3) is 5.65 Å². The molecule has 0 N–H and O–H groups in total. The quantitative estimate of drug-likeness (QED) is 0.808. The molecule has 6 nitrogen and oxygen atoms in total. The fraction of sp³-hybridized carbons (Fsp3) is 0.562. The molecular formula is C16H22N4O2. The Morgan fingerprint density at radius 1 is 1.36 bits per heavy atom. The lowest BCUT2D eigenvalue weighted by Crippen LogP contribution is -2.40. The fourth-order valence-electron chi connectivity index (χ4n) is 3.23. The summed E-state index contributed by atoms with van der Waals surface area (Å²) in [6.45, 7) is 4.43. The number of aromatic nitrogens is 3. The SMILES string of the molecule is CCN1CCCCC1Cc1nnc2ccc(C(=O)OC)cn12. The van der Waals surface area contributed by atoms with Gasteiger partial charge in [-0.25, -0.2) is 4.79 Å². The second kappa shape index (κ2) is 6.44. The van der Waals surface area contributed by atoms with Crippen molar-refractivity contribution < 1.29 is 9.53 Å². The minimum Gasteiger partial charge on any atom is -0.465 e. The van der Waals surface area contributed by atoms with Crippen molar-refractivity contribution in [3.05, 3.63) is 29.7 Å². The smallest absolute Gasteiger partial charge is 0.339 e. The van der Waals surface area contributed by atoms with Crippen molar-refractivity contribution in [3.63, 3.8) is 0 Å². The monoisotopic (exact) mass is 302 g/mol. The molecule has 22 heavy (non-hydrogen) atoms. The molecule has 1 unspecified atom stereocenters. The number of carbonyl (C=O) groups is 1. The van der Waals surface area contributed by atoms with E-state index in [-0.39, 0.29) is 5.97 Å². The van der Waals surface area contributed by atoms with Crippen LogP contribution >= 0.6 is 0 Å². The Morgan fingerprint density at radius 3 is 3.00 bits per heavy atom. The Balaban J connectivity index is 1.88. The molecule has 6 heteroatoms. The van der Waals surface area contributed by atoms with E-state index in [1.54, 1.807) is 18.3 Å². The van der Waals surface area contributed by atoms with Gasteiger partial charge in [-0.2, -0.15) is 0 Å². The number of likely N-dealkylation sites (N-methyl/N-ethyl adjacent to an activating group) is 1. The molecule has 0 radical (unpaired) electrons. The molecule has 0 aliphatic carbocycles. The molecule has 118 valence electrons. The molecule has 3 heterocycles. The summed E-state index contributed by atoms with van der Waals surface area (Å²) in [7, 11) is 1.39. The Hall–Kier alpha value is -1.95. The maximum atomic E-state index is 11.7. The number of hydrogen-bond acceptors (Lipinski definition) is 5.